The van der Waals surface area contributed by atoms with Crippen LogP contribution in [0.1, 0.15) is 22.5 Å². The number of hydrogen-bond donors (Lipinski definition) is 1. The molecule has 6 rings (SSSR count). The van der Waals surface area contributed by atoms with Crippen LogP contribution in [0.4, 0.5) is 0 Å². The SMILES string of the molecule is O=C(O)CON=C(c1ccc(OCc2cnc3ccccc3n2)cc1)c1ccc(OCc2cnc3ccccc3n2)cc1. The van der Waals surface area contributed by atoms with Gasteiger partial charge in [-0.25, -0.2) is 14.8 Å². The van der Waals surface area contributed by atoms with Crippen LogP contribution < -0.4 is 9.47 Å². The molecule has 2 aromatic heterocycles. The number of rotatable bonds is 11. The fourth-order valence-electron chi connectivity index (χ4n) is 4.29. The van der Waals surface area contributed by atoms with Crippen LogP contribution in [0, 0.1) is 0 Å². The van der Waals surface area contributed by atoms with Gasteiger partial charge < -0.3 is 19.4 Å². The Bertz CT molecular complexity index is 1780. The highest BCUT2D eigenvalue weighted by Crippen LogP contribution is 2.21. The molecule has 0 atom stereocenters. The van der Waals surface area contributed by atoms with Crippen LogP contribution in [0.5, 0.6) is 11.5 Å². The van der Waals surface area contributed by atoms with E-state index in [1.807, 2.05) is 72.8 Å². The van der Waals surface area contributed by atoms with E-state index in [0.29, 0.717) is 39.7 Å². The Hall–Kier alpha value is -5.90. The summed E-state index contributed by atoms with van der Waals surface area (Å²) >= 11 is 0. The lowest BCUT2D eigenvalue weighted by molar-refractivity contribution is -0.142. The maximum Gasteiger partial charge on any atom is 0.344 e. The Balaban J connectivity index is 1.14. The molecular formula is C33H25N5O5. The summed E-state index contributed by atoms with van der Waals surface area (Å²) in [6, 6.07) is 29.8. The minimum absolute atomic E-state index is 0.256. The largest absolute Gasteiger partial charge is 0.487 e. The first-order valence-electron chi connectivity index (χ1n) is 13.4. The van der Waals surface area contributed by atoms with E-state index in [0.717, 1.165) is 22.1 Å². The Labute approximate surface area is 246 Å². The molecular weight excluding hydrogens is 546 g/mol. The van der Waals surface area contributed by atoms with Crippen molar-refractivity contribution in [2.45, 2.75) is 13.2 Å². The van der Waals surface area contributed by atoms with Crippen molar-refractivity contribution in [2.75, 3.05) is 6.61 Å². The molecule has 0 aliphatic carbocycles. The maximum atomic E-state index is 11.0. The van der Waals surface area contributed by atoms with Crippen molar-refractivity contribution in [2.24, 2.45) is 5.16 Å². The molecule has 0 unspecified atom stereocenters. The van der Waals surface area contributed by atoms with E-state index in [9.17, 15) is 4.79 Å². The molecule has 0 saturated heterocycles. The normalized spacial score (nSPS) is 10.8. The van der Waals surface area contributed by atoms with Crippen LogP contribution in [-0.2, 0) is 22.8 Å². The average Bonchev–Trinajstić information content (AvgIpc) is 3.05. The van der Waals surface area contributed by atoms with Crippen molar-refractivity contribution < 1.29 is 24.2 Å². The van der Waals surface area contributed by atoms with E-state index >= 15 is 0 Å². The van der Waals surface area contributed by atoms with Gasteiger partial charge in [0.15, 0.2) is 0 Å². The number of aromatic nitrogens is 4. The molecule has 0 spiro atoms. The van der Waals surface area contributed by atoms with Crippen LogP contribution in [0.25, 0.3) is 22.1 Å². The molecule has 212 valence electrons. The van der Waals surface area contributed by atoms with Gasteiger partial charge >= 0.3 is 5.97 Å². The third kappa shape index (κ3) is 6.88. The maximum absolute atomic E-state index is 11.0. The van der Waals surface area contributed by atoms with Gasteiger partial charge in [0.1, 0.15) is 30.4 Å². The van der Waals surface area contributed by atoms with Gasteiger partial charge in [0, 0.05) is 11.1 Å². The second-order valence-electron chi connectivity index (χ2n) is 9.43. The molecule has 0 bridgehead atoms. The summed E-state index contributed by atoms with van der Waals surface area (Å²) in [4.78, 5) is 34.1. The van der Waals surface area contributed by atoms with Crippen molar-refractivity contribution in [1.82, 2.24) is 19.9 Å². The number of oxime groups is 1. The zero-order valence-electron chi connectivity index (χ0n) is 22.8. The van der Waals surface area contributed by atoms with Crippen molar-refractivity contribution >= 4 is 33.7 Å². The molecule has 0 aliphatic rings. The minimum Gasteiger partial charge on any atom is -0.487 e. The number of benzene rings is 4. The summed E-state index contributed by atoms with van der Waals surface area (Å²) in [7, 11) is 0. The molecule has 4 aromatic carbocycles. The Morgan fingerprint density at radius 1 is 0.628 bits per heavy atom. The lowest BCUT2D eigenvalue weighted by Crippen LogP contribution is -2.09. The summed E-state index contributed by atoms with van der Waals surface area (Å²) in [5.74, 6) is 0.138. The number of carboxylic acids is 1. The summed E-state index contributed by atoms with van der Waals surface area (Å²) in [5.41, 5.74) is 6.56. The smallest absolute Gasteiger partial charge is 0.344 e. The second kappa shape index (κ2) is 12.7. The third-order valence-corrected chi connectivity index (χ3v) is 6.37. The van der Waals surface area contributed by atoms with Crippen molar-refractivity contribution in [1.29, 1.82) is 0 Å². The standard InChI is InChI=1S/C33H25N5O5/c39-32(40)21-43-38-33(22-9-13-26(14-10-22)41-19-24-17-34-28-5-1-3-7-30(28)36-24)23-11-15-27(16-12-23)42-20-25-18-35-29-6-2-4-8-31(29)37-25/h1-18H,19-21H2,(H,39,40). The number of carboxylic acid groups (broad SMARTS) is 1. The summed E-state index contributed by atoms with van der Waals surface area (Å²) < 4.78 is 11.8. The average molecular weight is 572 g/mol. The predicted octanol–water partition coefficient (Wildman–Crippen LogP) is 5.58. The molecule has 0 saturated carbocycles. The summed E-state index contributed by atoms with van der Waals surface area (Å²) in [6.07, 6.45) is 3.40. The van der Waals surface area contributed by atoms with Crippen LogP contribution in [0.3, 0.4) is 0 Å². The minimum atomic E-state index is -1.12. The third-order valence-electron chi connectivity index (χ3n) is 6.37. The molecule has 10 nitrogen and oxygen atoms in total. The van der Waals surface area contributed by atoms with E-state index in [2.05, 4.69) is 25.1 Å². The zero-order valence-corrected chi connectivity index (χ0v) is 22.8. The monoisotopic (exact) mass is 571 g/mol. The number of nitrogens with zero attached hydrogens (tertiary/aromatic N) is 5. The molecule has 2 heterocycles. The molecule has 0 amide bonds. The molecule has 6 aromatic rings. The fraction of sp³-hybridized carbons (Fsp3) is 0.0909. The van der Waals surface area contributed by atoms with Crippen molar-refractivity contribution in [3.63, 3.8) is 0 Å². The number of aliphatic carboxylic acids is 1. The van der Waals surface area contributed by atoms with Gasteiger partial charge in [-0.1, -0.05) is 29.4 Å². The first-order valence-corrected chi connectivity index (χ1v) is 13.4. The Kier molecular flexibility index (Phi) is 8.08. The van der Waals surface area contributed by atoms with Gasteiger partial charge in [0.2, 0.25) is 6.61 Å². The van der Waals surface area contributed by atoms with Gasteiger partial charge in [-0.15, -0.1) is 0 Å². The fourth-order valence-corrected chi connectivity index (χ4v) is 4.29. The number of fused-ring (bicyclic) bond motifs is 2. The number of carbonyl (C=O) groups is 1. The van der Waals surface area contributed by atoms with Gasteiger partial charge in [0.25, 0.3) is 0 Å². The first kappa shape index (κ1) is 27.3. The number of ether oxygens (including phenoxy) is 2. The zero-order chi connectivity index (χ0) is 29.4. The molecule has 43 heavy (non-hydrogen) atoms. The van der Waals surface area contributed by atoms with Gasteiger partial charge in [-0.05, 0) is 72.8 Å². The van der Waals surface area contributed by atoms with Crippen LogP contribution in [-0.4, -0.2) is 43.3 Å². The summed E-state index contributed by atoms with van der Waals surface area (Å²) in [6.45, 7) is -0.0519. The van der Waals surface area contributed by atoms with Crippen LogP contribution in [0.15, 0.2) is 115 Å². The van der Waals surface area contributed by atoms with Gasteiger partial charge in [0.05, 0.1) is 45.8 Å². The van der Waals surface area contributed by atoms with Gasteiger partial charge in [-0.3, -0.25) is 9.97 Å². The highest BCUT2D eigenvalue weighted by Gasteiger charge is 2.11. The van der Waals surface area contributed by atoms with E-state index in [1.165, 1.54) is 0 Å². The van der Waals surface area contributed by atoms with E-state index in [-0.39, 0.29) is 13.2 Å². The van der Waals surface area contributed by atoms with Crippen molar-refractivity contribution in [3.05, 3.63) is 132 Å². The molecule has 0 fully saturated rings. The molecule has 0 radical (unpaired) electrons. The van der Waals surface area contributed by atoms with Gasteiger partial charge in [-0.2, -0.15) is 0 Å². The number of para-hydroxylation sites is 4. The lowest BCUT2D eigenvalue weighted by atomic mass is 10.0. The lowest BCUT2D eigenvalue weighted by Gasteiger charge is -2.11. The van der Waals surface area contributed by atoms with Crippen molar-refractivity contribution in [3.8, 4) is 11.5 Å². The van der Waals surface area contributed by atoms with E-state index < -0.39 is 12.6 Å². The van der Waals surface area contributed by atoms with Crippen LogP contribution >= 0.6 is 0 Å². The molecule has 0 aliphatic heterocycles. The molecule has 1 N–H and O–H groups in total. The Morgan fingerprint density at radius 2 is 1.07 bits per heavy atom. The summed E-state index contributed by atoms with van der Waals surface area (Å²) in [5, 5.41) is 13.1. The van der Waals surface area contributed by atoms with E-state index in [4.69, 9.17) is 19.4 Å². The van der Waals surface area contributed by atoms with E-state index in [1.54, 1.807) is 36.7 Å². The molecule has 10 heteroatoms. The highest BCUT2D eigenvalue weighted by atomic mass is 16.6. The first-order chi connectivity index (χ1) is 21.1. The quantitative estimate of drug-likeness (QED) is 0.156. The van der Waals surface area contributed by atoms with Crippen LogP contribution in [0.2, 0.25) is 0 Å². The predicted molar refractivity (Wildman–Crippen MR) is 160 cm³/mol. The Morgan fingerprint density at radius 3 is 1.51 bits per heavy atom. The number of hydrogen-bond acceptors (Lipinski definition) is 9. The second-order valence-corrected chi connectivity index (χ2v) is 9.43. The topological polar surface area (TPSA) is 129 Å². The highest BCUT2D eigenvalue weighted by molar-refractivity contribution is 6.12.